The first-order valence-electron chi connectivity index (χ1n) is 8.55. The molecule has 0 aliphatic rings. The summed E-state index contributed by atoms with van der Waals surface area (Å²) in [5.74, 6) is 0.819. The highest BCUT2D eigenvalue weighted by Crippen LogP contribution is 2.31. The number of halogens is 1. The summed E-state index contributed by atoms with van der Waals surface area (Å²) in [5.41, 5.74) is 3.03. The van der Waals surface area contributed by atoms with Gasteiger partial charge in [0, 0.05) is 16.6 Å². The number of benzene rings is 3. The van der Waals surface area contributed by atoms with Gasteiger partial charge >= 0.3 is 0 Å². The third-order valence-corrected chi connectivity index (χ3v) is 4.88. The zero-order chi connectivity index (χ0) is 18.4. The summed E-state index contributed by atoms with van der Waals surface area (Å²) >= 11 is 3.46. The summed E-state index contributed by atoms with van der Waals surface area (Å²) in [6.45, 7) is 0. The molecule has 0 bridgehead atoms. The van der Waals surface area contributed by atoms with E-state index in [-0.39, 0.29) is 6.04 Å². The third-order valence-electron chi connectivity index (χ3n) is 4.35. The Labute approximate surface area is 162 Å². The molecule has 3 rings (SSSR count). The van der Waals surface area contributed by atoms with E-state index in [4.69, 9.17) is 4.74 Å². The van der Waals surface area contributed by atoms with Crippen LogP contribution in [0, 0.1) is 0 Å². The van der Waals surface area contributed by atoms with Gasteiger partial charge < -0.3 is 15.2 Å². The van der Waals surface area contributed by atoms with Crippen molar-refractivity contribution in [1.82, 2.24) is 0 Å². The zero-order valence-electron chi connectivity index (χ0n) is 14.6. The minimum Gasteiger partial charge on any atom is -0.497 e. The van der Waals surface area contributed by atoms with Gasteiger partial charge in [-0.25, -0.2) is 0 Å². The van der Waals surface area contributed by atoms with E-state index < -0.39 is 6.10 Å². The van der Waals surface area contributed by atoms with Gasteiger partial charge in [0.25, 0.3) is 0 Å². The number of methoxy groups -OCH3 is 1. The lowest BCUT2D eigenvalue weighted by Crippen LogP contribution is -2.15. The van der Waals surface area contributed by atoms with Crippen molar-refractivity contribution in [3.63, 3.8) is 0 Å². The first-order chi connectivity index (χ1) is 12.7. The van der Waals surface area contributed by atoms with Crippen molar-refractivity contribution in [2.45, 2.75) is 18.6 Å². The van der Waals surface area contributed by atoms with Crippen LogP contribution in [0.4, 0.5) is 5.69 Å². The van der Waals surface area contributed by atoms with E-state index in [1.807, 2.05) is 78.9 Å². The highest BCUT2D eigenvalue weighted by molar-refractivity contribution is 9.10. The number of anilines is 1. The summed E-state index contributed by atoms with van der Waals surface area (Å²) in [7, 11) is 1.66. The largest absolute Gasteiger partial charge is 0.497 e. The molecule has 4 heteroatoms. The molecule has 0 heterocycles. The van der Waals surface area contributed by atoms with Crippen LogP contribution in [0.2, 0.25) is 0 Å². The molecule has 3 nitrogen and oxygen atoms in total. The van der Waals surface area contributed by atoms with Crippen molar-refractivity contribution >= 4 is 21.6 Å². The molecule has 2 N–H and O–H groups in total. The quantitative estimate of drug-likeness (QED) is 0.521. The molecule has 0 aromatic heterocycles. The Bertz CT molecular complexity index is 804. The molecule has 134 valence electrons. The fourth-order valence-electron chi connectivity index (χ4n) is 2.90. The lowest BCUT2D eigenvalue weighted by atomic mass is 9.96. The molecule has 2 atom stereocenters. The van der Waals surface area contributed by atoms with Crippen molar-refractivity contribution in [2.24, 2.45) is 0 Å². The third kappa shape index (κ3) is 4.87. The molecule has 0 radical (unpaired) electrons. The number of hydrogen-bond acceptors (Lipinski definition) is 3. The van der Waals surface area contributed by atoms with Crippen LogP contribution in [0.3, 0.4) is 0 Å². The van der Waals surface area contributed by atoms with Crippen LogP contribution in [0.25, 0.3) is 0 Å². The predicted octanol–water partition coefficient (Wildman–Crippen LogP) is 5.73. The van der Waals surface area contributed by atoms with Gasteiger partial charge in [0.15, 0.2) is 0 Å². The first-order valence-corrected chi connectivity index (χ1v) is 9.34. The lowest BCUT2D eigenvalue weighted by molar-refractivity contribution is 0.160. The van der Waals surface area contributed by atoms with Crippen LogP contribution >= 0.6 is 15.9 Å². The topological polar surface area (TPSA) is 41.5 Å². The van der Waals surface area contributed by atoms with Crippen molar-refractivity contribution < 1.29 is 9.84 Å². The van der Waals surface area contributed by atoms with Crippen molar-refractivity contribution in [1.29, 1.82) is 0 Å². The van der Waals surface area contributed by atoms with Gasteiger partial charge in [-0.2, -0.15) is 0 Å². The maximum atomic E-state index is 10.7. The summed E-state index contributed by atoms with van der Waals surface area (Å²) in [5, 5.41) is 14.2. The van der Waals surface area contributed by atoms with E-state index in [0.29, 0.717) is 6.42 Å². The second-order valence-corrected chi connectivity index (χ2v) is 7.05. The van der Waals surface area contributed by atoms with Crippen LogP contribution in [0.1, 0.15) is 29.7 Å². The van der Waals surface area contributed by atoms with Gasteiger partial charge in [-0.15, -0.1) is 0 Å². The minimum absolute atomic E-state index is 0.0303. The van der Waals surface area contributed by atoms with Crippen molar-refractivity contribution in [3.05, 3.63) is 94.5 Å². The SMILES string of the molecule is COc1ccc(C(CC(O)c2ccccc2)Nc2ccc(Br)cc2)cc1. The maximum Gasteiger partial charge on any atom is 0.118 e. The Balaban J connectivity index is 1.83. The molecular weight excluding hydrogens is 390 g/mol. The van der Waals surface area contributed by atoms with Crippen LogP contribution in [-0.2, 0) is 0 Å². The Kier molecular flexibility index (Phi) is 6.31. The van der Waals surface area contributed by atoms with E-state index in [2.05, 4.69) is 21.2 Å². The van der Waals surface area contributed by atoms with Crippen LogP contribution < -0.4 is 10.1 Å². The Morgan fingerprint density at radius 3 is 2.15 bits per heavy atom. The molecule has 3 aromatic rings. The second kappa shape index (κ2) is 8.88. The van der Waals surface area contributed by atoms with E-state index in [9.17, 15) is 5.11 Å². The Morgan fingerprint density at radius 2 is 1.54 bits per heavy atom. The summed E-state index contributed by atoms with van der Waals surface area (Å²) < 4.78 is 6.29. The highest BCUT2D eigenvalue weighted by atomic mass is 79.9. The van der Waals surface area contributed by atoms with Gasteiger partial charge in [0.2, 0.25) is 0 Å². The summed E-state index contributed by atoms with van der Waals surface area (Å²) in [6.07, 6.45) is 0.0121. The minimum atomic E-state index is -0.550. The van der Waals surface area contributed by atoms with Gasteiger partial charge in [-0.3, -0.25) is 0 Å². The number of ether oxygens (including phenoxy) is 1. The zero-order valence-corrected chi connectivity index (χ0v) is 16.2. The molecular formula is C22H22BrNO2. The summed E-state index contributed by atoms with van der Waals surface area (Å²) in [6, 6.07) is 25.7. The van der Waals surface area contributed by atoms with E-state index in [1.54, 1.807) is 7.11 Å². The normalized spacial score (nSPS) is 13.0. The van der Waals surface area contributed by atoms with Crippen molar-refractivity contribution in [2.75, 3.05) is 12.4 Å². The molecule has 0 fully saturated rings. The molecule has 0 saturated heterocycles. The lowest BCUT2D eigenvalue weighted by Gasteiger charge is -2.24. The predicted molar refractivity (Wildman–Crippen MR) is 110 cm³/mol. The smallest absolute Gasteiger partial charge is 0.118 e. The monoisotopic (exact) mass is 411 g/mol. The van der Waals surface area contributed by atoms with Crippen LogP contribution in [-0.4, -0.2) is 12.2 Å². The standard InChI is InChI=1S/C22H22BrNO2/c1-26-20-13-7-16(8-14-20)21(24-19-11-9-18(23)10-12-19)15-22(25)17-5-3-2-4-6-17/h2-14,21-22,24-25H,15H2,1H3. The summed E-state index contributed by atoms with van der Waals surface area (Å²) in [4.78, 5) is 0. The fourth-order valence-corrected chi connectivity index (χ4v) is 3.16. The maximum absolute atomic E-state index is 10.7. The van der Waals surface area contributed by atoms with Crippen molar-refractivity contribution in [3.8, 4) is 5.75 Å². The fraction of sp³-hybridized carbons (Fsp3) is 0.182. The van der Waals surface area contributed by atoms with Gasteiger partial charge in [0.1, 0.15) is 5.75 Å². The molecule has 0 aliphatic heterocycles. The number of nitrogens with one attached hydrogen (secondary N) is 1. The molecule has 0 spiro atoms. The van der Waals surface area contributed by atoms with Gasteiger partial charge in [-0.1, -0.05) is 58.4 Å². The van der Waals surface area contributed by atoms with Gasteiger partial charge in [-0.05, 0) is 47.5 Å². The molecule has 0 saturated carbocycles. The molecule has 0 aliphatic carbocycles. The molecule has 2 unspecified atom stereocenters. The molecule has 3 aromatic carbocycles. The molecule has 26 heavy (non-hydrogen) atoms. The Hall–Kier alpha value is -2.30. The average molecular weight is 412 g/mol. The average Bonchev–Trinajstić information content (AvgIpc) is 2.70. The number of aliphatic hydroxyl groups is 1. The van der Waals surface area contributed by atoms with E-state index >= 15 is 0 Å². The molecule has 0 amide bonds. The van der Waals surface area contributed by atoms with Crippen LogP contribution in [0.15, 0.2) is 83.3 Å². The number of hydrogen-bond donors (Lipinski definition) is 2. The van der Waals surface area contributed by atoms with E-state index in [0.717, 1.165) is 27.0 Å². The second-order valence-electron chi connectivity index (χ2n) is 6.14. The van der Waals surface area contributed by atoms with E-state index in [1.165, 1.54) is 0 Å². The van der Waals surface area contributed by atoms with Crippen LogP contribution in [0.5, 0.6) is 5.75 Å². The van der Waals surface area contributed by atoms with Gasteiger partial charge in [0.05, 0.1) is 19.3 Å². The number of rotatable bonds is 7. The Morgan fingerprint density at radius 1 is 0.885 bits per heavy atom. The number of aliphatic hydroxyl groups excluding tert-OH is 1. The first kappa shape index (κ1) is 18.5. The highest BCUT2D eigenvalue weighted by Gasteiger charge is 2.18.